The molecule has 1 fully saturated rings. The molecule has 0 aliphatic carbocycles. The van der Waals surface area contributed by atoms with E-state index in [-0.39, 0.29) is 0 Å². The highest BCUT2D eigenvalue weighted by molar-refractivity contribution is 5.50. The minimum absolute atomic E-state index is 0.524. The van der Waals surface area contributed by atoms with Crippen molar-refractivity contribution in [2.24, 2.45) is 0 Å². The van der Waals surface area contributed by atoms with Crippen molar-refractivity contribution in [1.82, 2.24) is 29.4 Å². The van der Waals surface area contributed by atoms with Crippen LogP contribution in [0.1, 0.15) is 5.69 Å². The molecular formula is C16H18F2N8O. The fraction of sp³-hybridized carbons (Fsp3) is 0.438. The average Bonchev–Trinajstić information content (AvgIpc) is 3.11. The monoisotopic (exact) mass is 376 g/mol. The second-order valence-corrected chi connectivity index (χ2v) is 6.33. The van der Waals surface area contributed by atoms with Gasteiger partial charge in [-0.1, -0.05) is 0 Å². The van der Waals surface area contributed by atoms with Crippen molar-refractivity contribution < 1.29 is 8.78 Å². The quantitative estimate of drug-likeness (QED) is 0.659. The Bertz CT molecular complexity index is 1010. The van der Waals surface area contributed by atoms with Gasteiger partial charge in [0.1, 0.15) is 18.7 Å². The van der Waals surface area contributed by atoms with E-state index in [1.807, 2.05) is 17.9 Å². The number of hydrogen-bond acceptors (Lipinski definition) is 7. The summed E-state index contributed by atoms with van der Waals surface area (Å²) in [6.45, 7) is 3.96. The first-order valence-corrected chi connectivity index (χ1v) is 8.54. The van der Waals surface area contributed by atoms with Crippen molar-refractivity contribution in [2.45, 2.75) is 19.9 Å². The molecule has 1 aliphatic rings. The van der Waals surface area contributed by atoms with E-state index in [1.165, 1.54) is 18.6 Å². The molecule has 0 unspecified atom stereocenters. The summed E-state index contributed by atoms with van der Waals surface area (Å²) in [6, 6.07) is 3.32. The number of anilines is 2. The van der Waals surface area contributed by atoms with Crippen molar-refractivity contribution in [3.8, 4) is 0 Å². The summed E-state index contributed by atoms with van der Waals surface area (Å²) in [5.74, 6) is 1.47. The summed E-state index contributed by atoms with van der Waals surface area (Å²) in [5, 5.41) is 8.08. The SMILES string of the molecule is Cc1cc(N2CCN(c3cnn(CC(F)F)c(=O)c3)CC2)n2ncnc2n1. The van der Waals surface area contributed by atoms with Gasteiger partial charge in [0.25, 0.3) is 17.8 Å². The van der Waals surface area contributed by atoms with E-state index in [2.05, 4.69) is 25.1 Å². The van der Waals surface area contributed by atoms with E-state index >= 15 is 0 Å². The zero-order chi connectivity index (χ0) is 19.0. The first-order valence-electron chi connectivity index (χ1n) is 8.54. The smallest absolute Gasteiger partial charge is 0.269 e. The number of hydrogen-bond donors (Lipinski definition) is 0. The highest BCUT2D eigenvalue weighted by atomic mass is 19.3. The molecule has 0 saturated carbocycles. The van der Waals surface area contributed by atoms with Crippen molar-refractivity contribution in [3.05, 3.63) is 40.7 Å². The van der Waals surface area contributed by atoms with E-state index in [4.69, 9.17) is 0 Å². The Morgan fingerprint density at radius 3 is 2.56 bits per heavy atom. The largest absolute Gasteiger partial charge is 0.367 e. The summed E-state index contributed by atoms with van der Waals surface area (Å²) < 4.78 is 27.4. The van der Waals surface area contributed by atoms with Crippen LogP contribution < -0.4 is 15.4 Å². The number of nitrogens with zero attached hydrogens (tertiary/aromatic N) is 8. The molecule has 0 atom stereocenters. The number of fused-ring (bicyclic) bond motifs is 1. The Morgan fingerprint density at radius 1 is 1.11 bits per heavy atom. The van der Waals surface area contributed by atoms with E-state index in [0.717, 1.165) is 16.2 Å². The summed E-state index contributed by atoms with van der Waals surface area (Å²) in [7, 11) is 0. The number of rotatable bonds is 4. The predicted molar refractivity (Wildman–Crippen MR) is 94.4 cm³/mol. The van der Waals surface area contributed by atoms with Gasteiger partial charge in [0, 0.05) is 44.0 Å². The Balaban J connectivity index is 1.50. The molecule has 1 saturated heterocycles. The molecule has 142 valence electrons. The first kappa shape index (κ1) is 17.3. The van der Waals surface area contributed by atoms with Gasteiger partial charge in [0.2, 0.25) is 0 Å². The summed E-state index contributed by atoms with van der Waals surface area (Å²) in [4.78, 5) is 24.6. The molecule has 4 rings (SSSR count). The van der Waals surface area contributed by atoms with E-state index in [0.29, 0.717) is 37.6 Å². The van der Waals surface area contributed by atoms with Crippen LogP contribution in [-0.2, 0) is 6.54 Å². The van der Waals surface area contributed by atoms with Gasteiger partial charge in [-0.15, -0.1) is 0 Å². The highest BCUT2D eigenvalue weighted by Crippen LogP contribution is 2.20. The van der Waals surface area contributed by atoms with Crippen molar-refractivity contribution >= 4 is 17.3 Å². The third-order valence-electron chi connectivity index (χ3n) is 4.50. The van der Waals surface area contributed by atoms with Crippen LogP contribution in [0.25, 0.3) is 5.78 Å². The van der Waals surface area contributed by atoms with Crippen LogP contribution in [0, 0.1) is 6.92 Å². The molecule has 0 aromatic carbocycles. The normalized spacial score (nSPS) is 15.1. The lowest BCUT2D eigenvalue weighted by Crippen LogP contribution is -2.47. The third-order valence-corrected chi connectivity index (χ3v) is 4.50. The molecular weight excluding hydrogens is 358 g/mol. The van der Waals surface area contributed by atoms with Crippen molar-refractivity contribution in [1.29, 1.82) is 0 Å². The van der Waals surface area contributed by atoms with Crippen LogP contribution >= 0.6 is 0 Å². The van der Waals surface area contributed by atoms with Crippen LogP contribution in [0.5, 0.6) is 0 Å². The second kappa shape index (κ2) is 6.89. The average molecular weight is 376 g/mol. The lowest BCUT2D eigenvalue weighted by atomic mass is 10.2. The standard InChI is InChI=1S/C16H18F2N8O/c1-11-6-14(26-16(22-11)19-10-21-26)24-4-2-23(3-5-24)12-7-15(27)25(20-8-12)9-13(17)18/h6-8,10,13H,2-5,9H2,1H3. The molecule has 1 aliphatic heterocycles. The van der Waals surface area contributed by atoms with Gasteiger partial charge in [0.15, 0.2) is 0 Å². The molecule has 11 heteroatoms. The predicted octanol–water partition coefficient (Wildman–Crippen LogP) is 0.581. The van der Waals surface area contributed by atoms with Gasteiger partial charge in [-0.05, 0) is 6.92 Å². The third kappa shape index (κ3) is 3.44. The molecule has 4 heterocycles. The Kier molecular flexibility index (Phi) is 4.42. The van der Waals surface area contributed by atoms with Gasteiger partial charge < -0.3 is 9.80 Å². The summed E-state index contributed by atoms with van der Waals surface area (Å²) in [5.41, 5.74) is 0.978. The fourth-order valence-electron chi connectivity index (χ4n) is 3.20. The van der Waals surface area contributed by atoms with Crippen LogP contribution in [0.4, 0.5) is 20.3 Å². The maximum Gasteiger partial charge on any atom is 0.269 e. The molecule has 9 nitrogen and oxygen atoms in total. The number of aryl methyl sites for hydroxylation is 1. The number of aromatic nitrogens is 6. The zero-order valence-corrected chi connectivity index (χ0v) is 14.7. The molecule has 3 aromatic rings. The summed E-state index contributed by atoms with van der Waals surface area (Å²) in [6.07, 6.45) is 0.329. The first-order chi connectivity index (χ1) is 13.0. The molecule has 3 aromatic heterocycles. The van der Waals surface area contributed by atoms with Gasteiger partial charge in [-0.2, -0.15) is 19.7 Å². The second-order valence-electron chi connectivity index (χ2n) is 6.33. The van der Waals surface area contributed by atoms with Gasteiger partial charge in [0.05, 0.1) is 11.9 Å². The highest BCUT2D eigenvalue weighted by Gasteiger charge is 2.21. The molecule has 0 spiro atoms. The lowest BCUT2D eigenvalue weighted by molar-refractivity contribution is 0.119. The summed E-state index contributed by atoms with van der Waals surface area (Å²) >= 11 is 0. The van der Waals surface area contributed by atoms with Crippen LogP contribution in [-0.4, -0.2) is 62.0 Å². The minimum atomic E-state index is -2.61. The Hall–Kier alpha value is -3.11. The van der Waals surface area contributed by atoms with Gasteiger partial charge in [-0.25, -0.2) is 18.4 Å². The topological polar surface area (TPSA) is 84.5 Å². The van der Waals surface area contributed by atoms with Crippen LogP contribution in [0.15, 0.2) is 29.5 Å². The van der Waals surface area contributed by atoms with Gasteiger partial charge >= 0.3 is 0 Å². The van der Waals surface area contributed by atoms with E-state index in [9.17, 15) is 13.6 Å². The molecule has 0 amide bonds. The Morgan fingerprint density at radius 2 is 1.85 bits per heavy atom. The lowest BCUT2D eigenvalue weighted by Gasteiger charge is -2.37. The van der Waals surface area contributed by atoms with Crippen LogP contribution in [0.2, 0.25) is 0 Å². The van der Waals surface area contributed by atoms with Gasteiger partial charge in [-0.3, -0.25) is 4.79 Å². The van der Waals surface area contributed by atoms with Crippen molar-refractivity contribution in [3.63, 3.8) is 0 Å². The molecule has 27 heavy (non-hydrogen) atoms. The number of alkyl halides is 2. The Labute approximate surface area is 152 Å². The van der Waals surface area contributed by atoms with Crippen LogP contribution in [0.3, 0.4) is 0 Å². The molecule has 0 bridgehead atoms. The maximum absolute atomic E-state index is 12.4. The molecule has 0 radical (unpaired) electrons. The minimum Gasteiger partial charge on any atom is -0.367 e. The maximum atomic E-state index is 12.4. The number of piperazine rings is 1. The zero-order valence-electron chi connectivity index (χ0n) is 14.7. The number of halogens is 2. The molecule has 0 N–H and O–H groups in total. The van der Waals surface area contributed by atoms with E-state index in [1.54, 1.807) is 4.52 Å². The van der Waals surface area contributed by atoms with E-state index < -0.39 is 18.5 Å². The fourth-order valence-corrected chi connectivity index (χ4v) is 3.20. The van der Waals surface area contributed by atoms with Crippen molar-refractivity contribution in [2.75, 3.05) is 36.0 Å².